The molecule has 0 aliphatic rings. The molecule has 6 heteroatoms. The summed E-state index contributed by atoms with van der Waals surface area (Å²) in [5.41, 5.74) is 3.87. The molecule has 6 nitrogen and oxygen atoms in total. The van der Waals surface area contributed by atoms with Gasteiger partial charge in [0, 0.05) is 18.8 Å². The molecule has 0 spiro atoms. The van der Waals surface area contributed by atoms with E-state index in [-0.39, 0.29) is 5.91 Å². The molecule has 0 unspecified atom stereocenters. The topological polar surface area (TPSA) is 69.0 Å². The number of hydrogen-bond acceptors (Lipinski definition) is 4. The zero-order valence-electron chi connectivity index (χ0n) is 13.5. The molecule has 3 rings (SSSR count). The molecule has 23 heavy (non-hydrogen) atoms. The Morgan fingerprint density at radius 1 is 1.26 bits per heavy atom. The van der Waals surface area contributed by atoms with Crippen molar-refractivity contribution in [1.82, 2.24) is 14.8 Å². The Hall–Kier alpha value is -2.89. The molecule has 3 aromatic rings. The number of pyridine rings is 1. The van der Waals surface area contributed by atoms with E-state index in [1.807, 2.05) is 33.0 Å². The first-order valence-electron chi connectivity index (χ1n) is 7.24. The van der Waals surface area contributed by atoms with Crippen LogP contribution in [-0.2, 0) is 7.05 Å². The fourth-order valence-corrected chi connectivity index (χ4v) is 2.75. The Balaban J connectivity index is 1.95. The third kappa shape index (κ3) is 2.63. The first-order valence-corrected chi connectivity index (χ1v) is 7.24. The van der Waals surface area contributed by atoms with Crippen molar-refractivity contribution in [1.29, 1.82) is 0 Å². The summed E-state index contributed by atoms with van der Waals surface area (Å²) in [7, 11) is 3.45. The quantitative estimate of drug-likeness (QED) is 0.807. The van der Waals surface area contributed by atoms with Gasteiger partial charge in [0.05, 0.1) is 24.4 Å². The van der Waals surface area contributed by atoms with Crippen LogP contribution in [-0.4, -0.2) is 27.8 Å². The third-order valence-corrected chi connectivity index (χ3v) is 3.81. The minimum absolute atomic E-state index is 0.171. The van der Waals surface area contributed by atoms with Gasteiger partial charge in [0.2, 0.25) is 0 Å². The molecule has 1 aromatic carbocycles. The Morgan fingerprint density at radius 2 is 1.96 bits per heavy atom. The summed E-state index contributed by atoms with van der Waals surface area (Å²) in [6.45, 7) is 3.85. The molecular formula is C17H18N4O2. The largest absolute Gasteiger partial charge is 0.496 e. The zero-order valence-corrected chi connectivity index (χ0v) is 13.5. The summed E-state index contributed by atoms with van der Waals surface area (Å²) < 4.78 is 7.01. The molecule has 0 fully saturated rings. The Bertz CT molecular complexity index is 876. The molecule has 1 amide bonds. The standard InChI is InChI=1S/C17H18N4O2/c1-10-7-12(8-11(2)15(10)23-4)17(22)20-14-5-6-18-16-13(14)9-19-21(16)3/h5-9H,1-4H3,(H,18,20,22). The maximum Gasteiger partial charge on any atom is 0.255 e. The number of aromatic nitrogens is 3. The maximum atomic E-state index is 12.6. The normalized spacial score (nSPS) is 10.8. The molecule has 0 aliphatic heterocycles. The van der Waals surface area contributed by atoms with E-state index >= 15 is 0 Å². The second-order valence-electron chi connectivity index (χ2n) is 5.46. The van der Waals surface area contributed by atoms with Crippen LogP contribution in [0.4, 0.5) is 5.69 Å². The number of nitrogens with one attached hydrogen (secondary N) is 1. The van der Waals surface area contributed by atoms with Gasteiger partial charge < -0.3 is 10.1 Å². The van der Waals surface area contributed by atoms with Crippen molar-refractivity contribution >= 4 is 22.6 Å². The third-order valence-electron chi connectivity index (χ3n) is 3.81. The number of methoxy groups -OCH3 is 1. The van der Waals surface area contributed by atoms with E-state index in [0.717, 1.165) is 27.9 Å². The highest BCUT2D eigenvalue weighted by molar-refractivity contribution is 6.08. The lowest BCUT2D eigenvalue weighted by atomic mass is 10.0. The molecule has 0 bridgehead atoms. The van der Waals surface area contributed by atoms with Crippen LogP contribution in [0.1, 0.15) is 21.5 Å². The van der Waals surface area contributed by atoms with Gasteiger partial charge in [0.25, 0.3) is 5.91 Å². The fourth-order valence-electron chi connectivity index (χ4n) is 2.75. The van der Waals surface area contributed by atoms with Crippen LogP contribution >= 0.6 is 0 Å². The second-order valence-corrected chi connectivity index (χ2v) is 5.46. The number of nitrogens with zero attached hydrogens (tertiary/aromatic N) is 3. The molecule has 0 radical (unpaired) electrons. The Morgan fingerprint density at radius 3 is 2.61 bits per heavy atom. The molecule has 0 aliphatic carbocycles. The van der Waals surface area contributed by atoms with E-state index < -0.39 is 0 Å². The van der Waals surface area contributed by atoms with E-state index in [9.17, 15) is 4.79 Å². The van der Waals surface area contributed by atoms with E-state index in [1.165, 1.54) is 0 Å². The van der Waals surface area contributed by atoms with E-state index in [4.69, 9.17) is 4.74 Å². The van der Waals surface area contributed by atoms with Crippen molar-refractivity contribution < 1.29 is 9.53 Å². The Kier molecular flexibility index (Phi) is 3.73. The SMILES string of the molecule is COc1c(C)cc(C(=O)Nc2ccnc3c2cnn3C)cc1C. The average Bonchev–Trinajstić information content (AvgIpc) is 2.89. The van der Waals surface area contributed by atoms with Gasteiger partial charge in [-0.15, -0.1) is 0 Å². The molecule has 2 heterocycles. The van der Waals surface area contributed by atoms with Gasteiger partial charge in [-0.05, 0) is 43.2 Å². The summed E-state index contributed by atoms with van der Waals surface area (Å²) >= 11 is 0. The average molecular weight is 310 g/mol. The van der Waals surface area contributed by atoms with Gasteiger partial charge in [-0.1, -0.05) is 0 Å². The monoisotopic (exact) mass is 310 g/mol. The smallest absolute Gasteiger partial charge is 0.255 e. The summed E-state index contributed by atoms with van der Waals surface area (Å²) in [5.74, 6) is 0.635. The predicted molar refractivity (Wildman–Crippen MR) is 88.9 cm³/mol. The van der Waals surface area contributed by atoms with Gasteiger partial charge in [0.15, 0.2) is 5.65 Å². The second kappa shape index (κ2) is 5.72. The zero-order chi connectivity index (χ0) is 16.6. The molecule has 118 valence electrons. The molecule has 0 atom stereocenters. The van der Waals surface area contributed by atoms with E-state index in [2.05, 4.69) is 15.4 Å². The summed E-state index contributed by atoms with van der Waals surface area (Å²) in [6, 6.07) is 5.41. The van der Waals surface area contributed by atoms with Gasteiger partial charge in [-0.2, -0.15) is 5.10 Å². The molecule has 1 N–H and O–H groups in total. The van der Waals surface area contributed by atoms with Gasteiger partial charge in [-0.3, -0.25) is 9.48 Å². The van der Waals surface area contributed by atoms with Crippen molar-refractivity contribution in [3.63, 3.8) is 0 Å². The van der Waals surface area contributed by atoms with Crippen molar-refractivity contribution in [2.75, 3.05) is 12.4 Å². The first kappa shape index (κ1) is 15.0. The number of benzene rings is 1. The van der Waals surface area contributed by atoms with Crippen LogP contribution < -0.4 is 10.1 Å². The van der Waals surface area contributed by atoms with Gasteiger partial charge in [0.1, 0.15) is 5.75 Å². The van der Waals surface area contributed by atoms with Crippen molar-refractivity contribution in [2.45, 2.75) is 13.8 Å². The molecular weight excluding hydrogens is 292 g/mol. The number of hydrogen-bond donors (Lipinski definition) is 1. The van der Waals surface area contributed by atoms with Crippen LogP contribution in [0.25, 0.3) is 11.0 Å². The van der Waals surface area contributed by atoms with Crippen LogP contribution in [0.2, 0.25) is 0 Å². The summed E-state index contributed by atoms with van der Waals surface area (Å²) in [5, 5.41) is 7.92. The van der Waals surface area contributed by atoms with E-state index in [1.54, 1.807) is 30.3 Å². The van der Waals surface area contributed by atoms with Crippen LogP contribution in [0.3, 0.4) is 0 Å². The predicted octanol–water partition coefficient (Wildman–Crippen LogP) is 2.85. The number of carbonyl (C=O) groups excluding carboxylic acids is 1. The number of anilines is 1. The minimum Gasteiger partial charge on any atom is -0.496 e. The van der Waals surface area contributed by atoms with Gasteiger partial charge >= 0.3 is 0 Å². The molecule has 0 saturated carbocycles. The highest BCUT2D eigenvalue weighted by Gasteiger charge is 2.13. The van der Waals surface area contributed by atoms with Crippen LogP contribution in [0.15, 0.2) is 30.6 Å². The van der Waals surface area contributed by atoms with Crippen LogP contribution in [0.5, 0.6) is 5.75 Å². The maximum absolute atomic E-state index is 12.6. The number of rotatable bonds is 3. The fraction of sp³-hybridized carbons (Fsp3) is 0.235. The minimum atomic E-state index is -0.171. The van der Waals surface area contributed by atoms with Crippen molar-refractivity contribution in [2.24, 2.45) is 7.05 Å². The highest BCUT2D eigenvalue weighted by Crippen LogP contribution is 2.26. The summed E-state index contributed by atoms with van der Waals surface area (Å²) in [6.07, 6.45) is 3.35. The number of amides is 1. The number of ether oxygens (including phenoxy) is 1. The Labute approximate surface area is 134 Å². The van der Waals surface area contributed by atoms with Crippen molar-refractivity contribution in [3.8, 4) is 5.75 Å². The number of carbonyl (C=O) groups is 1. The summed E-state index contributed by atoms with van der Waals surface area (Å²) in [4.78, 5) is 16.8. The lowest BCUT2D eigenvalue weighted by Gasteiger charge is -2.12. The lowest BCUT2D eigenvalue weighted by molar-refractivity contribution is 0.102. The number of fused-ring (bicyclic) bond motifs is 1. The van der Waals surface area contributed by atoms with Crippen molar-refractivity contribution in [3.05, 3.63) is 47.3 Å². The van der Waals surface area contributed by atoms with Crippen LogP contribution in [0, 0.1) is 13.8 Å². The first-order chi connectivity index (χ1) is 11.0. The highest BCUT2D eigenvalue weighted by atomic mass is 16.5. The molecule has 0 saturated heterocycles. The van der Waals surface area contributed by atoms with Gasteiger partial charge in [-0.25, -0.2) is 4.98 Å². The molecule has 2 aromatic heterocycles. The lowest BCUT2D eigenvalue weighted by Crippen LogP contribution is -2.13. The van der Waals surface area contributed by atoms with E-state index in [0.29, 0.717) is 11.3 Å². The number of aryl methyl sites for hydroxylation is 3.